The summed E-state index contributed by atoms with van der Waals surface area (Å²) in [5.41, 5.74) is 23.6. The second-order valence-corrected chi connectivity index (χ2v) is 10.5. The molecular formula is C32H32N6O2. The molecule has 8 heteroatoms. The van der Waals surface area contributed by atoms with Crippen molar-refractivity contribution in [3.05, 3.63) is 93.6 Å². The monoisotopic (exact) mass is 532 g/mol. The lowest BCUT2D eigenvalue weighted by atomic mass is 9.86. The van der Waals surface area contributed by atoms with Crippen LogP contribution in [-0.4, -0.2) is 34.9 Å². The first kappa shape index (κ1) is 25.9. The molecule has 4 heterocycles. The Labute approximate surface area is 233 Å². The zero-order chi connectivity index (χ0) is 28.0. The first-order valence-corrected chi connectivity index (χ1v) is 13.6. The van der Waals surface area contributed by atoms with Gasteiger partial charge in [0.2, 0.25) is 0 Å². The molecule has 4 aromatic rings. The summed E-state index contributed by atoms with van der Waals surface area (Å²) < 4.78 is 0. The number of hydrogen-bond acceptors (Lipinski definition) is 6. The highest BCUT2D eigenvalue weighted by atomic mass is 16.1. The highest BCUT2D eigenvalue weighted by Crippen LogP contribution is 2.39. The lowest BCUT2D eigenvalue weighted by molar-refractivity contribution is 0.0987. The molecule has 0 bridgehead atoms. The van der Waals surface area contributed by atoms with Crippen LogP contribution in [-0.2, 0) is 25.9 Å². The number of benzene rings is 2. The van der Waals surface area contributed by atoms with E-state index in [1.807, 2.05) is 24.3 Å². The Hall–Kier alpha value is -4.40. The molecule has 2 aromatic heterocycles. The summed E-state index contributed by atoms with van der Waals surface area (Å²) in [6.45, 7) is 7.19. The quantitative estimate of drug-likeness (QED) is 0.310. The third-order valence-corrected chi connectivity index (χ3v) is 8.10. The molecule has 40 heavy (non-hydrogen) atoms. The SMILES string of the molecule is Cc1c(-c2cc3c(nc2C(N)=O)CCNC3)cccc1-c1cccc(-c2cc3c(nc2C(N)=O)CCNC3)c1C. The fourth-order valence-electron chi connectivity index (χ4n) is 6.01. The first-order valence-electron chi connectivity index (χ1n) is 13.6. The molecule has 0 saturated heterocycles. The number of nitrogens with two attached hydrogens (primary N) is 2. The number of carbonyl (C=O) groups excluding carboxylic acids is 2. The third kappa shape index (κ3) is 4.45. The number of nitrogens with zero attached hydrogens (tertiary/aromatic N) is 2. The summed E-state index contributed by atoms with van der Waals surface area (Å²) in [7, 11) is 0. The van der Waals surface area contributed by atoms with Gasteiger partial charge in [-0.15, -0.1) is 0 Å². The predicted octanol–water partition coefficient (Wildman–Crippen LogP) is 3.58. The molecule has 0 spiro atoms. The fourth-order valence-corrected chi connectivity index (χ4v) is 6.01. The third-order valence-electron chi connectivity index (χ3n) is 8.10. The van der Waals surface area contributed by atoms with Crippen LogP contribution in [0.3, 0.4) is 0 Å². The van der Waals surface area contributed by atoms with Gasteiger partial charge in [0.05, 0.1) is 0 Å². The van der Waals surface area contributed by atoms with Crippen LogP contribution in [0.15, 0.2) is 48.5 Å². The van der Waals surface area contributed by atoms with Gasteiger partial charge in [0.15, 0.2) is 0 Å². The van der Waals surface area contributed by atoms with E-state index >= 15 is 0 Å². The molecular weight excluding hydrogens is 500 g/mol. The molecule has 0 atom stereocenters. The Balaban J connectivity index is 1.50. The molecule has 2 aromatic carbocycles. The Morgan fingerprint density at radius 2 is 1.02 bits per heavy atom. The Bertz CT molecular complexity index is 1570. The van der Waals surface area contributed by atoms with Crippen molar-refractivity contribution in [2.24, 2.45) is 11.5 Å². The number of rotatable bonds is 5. The predicted molar refractivity (Wildman–Crippen MR) is 156 cm³/mol. The van der Waals surface area contributed by atoms with Gasteiger partial charge in [-0.3, -0.25) is 9.59 Å². The number of nitrogens with one attached hydrogen (secondary N) is 2. The number of fused-ring (bicyclic) bond motifs is 2. The molecule has 6 N–H and O–H groups in total. The summed E-state index contributed by atoms with van der Waals surface area (Å²) in [6, 6.07) is 16.3. The van der Waals surface area contributed by atoms with Gasteiger partial charge in [0, 0.05) is 61.5 Å². The highest BCUT2D eigenvalue weighted by molar-refractivity contribution is 6.00. The van der Waals surface area contributed by atoms with Gasteiger partial charge in [-0.2, -0.15) is 0 Å². The smallest absolute Gasteiger partial charge is 0.267 e. The van der Waals surface area contributed by atoms with Crippen molar-refractivity contribution < 1.29 is 9.59 Å². The number of carbonyl (C=O) groups is 2. The van der Waals surface area contributed by atoms with Crippen LogP contribution < -0.4 is 22.1 Å². The normalized spacial score (nSPS) is 14.3. The molecule has 2 aliphatic rings. The molecule has 0 saturated carbocycles. The first-order chi connectivity index (χ1) is 19.3. The van der Waals surface area contributed by atoms with Crippen LogP contribution >= 0.6 is 0 Å². The van der Waals surface area contributed by atoms with E-state index in [4.69, 9.17) is 21.4 Å². The van der Waals surface area contributed by atoms with Crippen LogP contribution in [0.4, 0.5) is 0 Å². The highest BCUT2D eigenvalue weighted by Gasteiger charge is 2.23. The van der Waals surface area contributed by atoms with Crippen LogP contribution in [0.1, 0.15) is 54.6 Å². The average Bonchev–Trinajstić information content (AvgIpc) is 2.96. The van der Waals surface area contributed by atoms with E-state index in [0.29, 0.717) is 24.5 Å². The average molecular weight is 533 g/mol. The minimum absolute atomic E-state index is 0.297. The summed E-state index contributed by atoms with van der Waals surface area (Å²) in [5, 5.41) is 6.77. The largest absolute Gasteiger partial charge is 0.364 e. The van der Waals surface area contributed by atoms with Crippen molar-refractivity contribution in [1.82, 2.24) is 20.6 Å². The van der Waals surface area contributed by atoms with E-state index in [2.05, 4.69) is 48.7 Å². The van der Waals surface area contributed by atoms with E-state index in [0.717, 1.165) is 93.0 Å². The van der Waals surface area contributed by atoms with Crippen molar-refractivity contribution >= 4 is 11.8 Å². The van der Waals surface area contributed by atoms with Crippen LogP contribution in [0.2, 0.25) is 0 Å². The van der Waals surface area contributed by atoms with Crippen LogP contribution in [0, 0.1) is 13.8 Å². The Morgan fingerprint density at radius 3 is 1.40 bits per heavy atom. The summed E-state index contributed by atoms with van der Waals surface area (Å²) in [4.78, 5) is 34.4. The minimum Gasteiger partial charge on any atom is -0.364 e. The number of aromatic nitrogens is 2. The Kier molecular flexibility index (Phi) is 6.65. The molecule has 8 nitrogen and oxygen atoms in total. The summed E-state index contributed by atoms with van der Waals surface area (Å²) in [5.74, 6) is -1.07. The zero-order valence-electron chi connectivity index (χ0n) is 22.7. The molecule has 6 rings (SSSR count). The second kappa shape index (κ2) is 10.3. The molecule has 2 aliphatic heterocycles. The van der Waals surface area contributed by atoms with Crippen molar-refractivity contribution in [3.8, 4) is 33.4 Å². The Morgan fingerprint density at radius 1 is 0.650 bits per heavy atom. The van der Waals surface area contributed by atoms with Crippen LogP contribution in [0.5, 0.6) is 0 Å². The van der Waals surface area contributed by atoms with E-state index in [-0.39, 0.29) is 0 Å². The van der Waals surface area contributed by atoms with Crippen molar-refractivity contribution in [3.63, 3.8) is 0 Å². The van der Waals surface area contributed by atoms with Gasteiger partial charge < -0.3 is 22.1 Å². The standard InChI is InChI=1S/C32H32N6O2/c1-17-21(5-3-7-23(17)25-13-19-15-35-11-9-27(19)37-29(25)31(33)39)22-6-4-8-24(18(22)2)26-14-20-16-36-12-10-28(20)38-30(26)32(34)40/h3-8,13-14,35-36H,9-12,15-16H2,1-2H3,(H2,33,39)(H2,34,40). The summed E-state index contributed by atoms with van der Waals surface area (Å²) in [6.07, 6.45) is 1.53. The van der Waals surface area contributed by atoms with Gasteiger partial charge in [-0.25, -0.2) is 9.97 Å². The lowest BCUT2D eigenvalue weighted by Gasteiger charge is -2.22. The van der Waals surface area contributed by atoms with Gasteiger partial charge in [-0.05, 0) is 70.5 Å². The van der Waals surface area contributed by atoms with Gasteiger partial charge in [0.1, 0.15) is 11.4 Å². The maximum atomic E-state index is 12.5. The van der Waals surface area contributed by atoms with E-state index in [1.54, 1.807) is 0 Å². The fraction of sp³-hybridized carbons (Fsp3) is 0.250. The van der Waals surface area contributed by atoms with E-state index in [1.165, 1.54) is 0 Å². The zero-order valence-corrected chi connectivity index (χ0v) is 22.7. The van der Waals surface area contributed by atoms with Gasteiger partial charge in [0.25, 0.3) is 11.8 Å². The molecule has 0 radical (unpaired) electrons. The molecule has 0 unspecified atom stereocenters. The minimum atomic E-state index is -0.535. The van der Waals surface area contributed by atoms with Crippen molar-refractivity contribution in [1.29, 1.82) is 0 Å². The second-order valence-electron chi connectivity index (χ2n) is 10.5. The van der Waals surface area contributed by atoms with Crippen molar-refractivity contribution in [2.75, 3.05) is 13.1 Å². The molecule has 2 amide bonds. The lowest BCUT2D eigenvalue weighted by Crippen LogP contribution is -2.26. The molecule has 0 aliphatic carbocycles. The van der Waals surface area contributed by atoms with E-state index < -0.39 is 11.8 Å². The van der Waals surface area contributed by atoms with Crippen molar-refractivity contribution in [2.45, 2.75) is 39.8 Å². The number of primary amides is 2. The molecule has 202 valence electrons. The van der Waals surface area contributed by atoms with Gasteiger partial charge in [-0.1, -0.05) is 36.4 Å². The maximum absolute atomic E-state index is 12.5. The number of amides is 2. The van der Waals surface area contributed by atoms with Crippen LogP contribution in [0.25, 0.3) is 33.4 Å². The molecule has 0 fully saturated rings. The topological polar surface area (TPSA) is 136 Å². The summed E-state index contributed by atoms with van der Waals surface area (Å²) >= 11 is 0. The van der Waals surface area contributed by atoms with Gasteiger partial charge >= 0.3 is 0 Å². The number of hydrogen-bond donors (Lipinski definition) is 4. The maximum Gasteiger partial charge on any atom is 0.267 e. The van der Waals surface area contributed by atoms with E-state index in [9.17, 15) is 9.59 Å². The number of pyridine rings is 2.